The van der Waals surface area contributed by atoms with Gasteiger partial charge in [-0.3, -0.25) is 9.59 Å². The van der Waals surface area contributed by atoms with Crippen LogP contribution in [0.2, 0.25) is 0 Å². The van der Waals surface area contributed by atoms with E-state index in [4.69, 9.17) is 14.2 Å². The van der Waals surface area contributed by atoms with Gasteiger partial charge in [-0.15, -0.1) is 0 Å². The molecule has 0 spiro atoms. The van der Waals surface area contributed by atoms with E-state index in [-0.39, 0.29) is 18.5 Å². The Kier molecular flexibility index (Phi) is 54.3. The van der Waals surface area contributed by atoms with Gasteiger partial charge in [0.05, 0.1) is 32.0 Å². The lowest BCUT2D eigenvalue weighted by molar-refractivity contribution is -0.302. The zero-order valence-electron chi connectivity index (χ0n) is 51.1. The zero-order chi connectivity index (χ0) is 57.3. The summed E-state index contributed by atoms with van der Waals surface area (Å²) in [6.07, 6.45) is 63.5. The van der Waals surface area contributed by atoms with Crippen LogP contribution in [-0.4, -0.2) is 100 Å². The molecule has 6 N–H and O–H groups in total. The molecule has 1 rings (SSSR count). The number of ether oxygens (including phenoxy) is 3. The summed E-state index contributed by atoms with van der Waals surface area (Å²) < 4.78 is 16.7. The van der Waals surface area contributed by atoms with E-state index in [9.17, 15) is 35.1 Å². The van der Waals surface area contributed by atoms with Crippen LogP contribution in [0.1, 0.15) is 309 Å². The molecular weight excluding hydrogens is 991 g/mol. The van der Waals surface area contributed by atoms with Crippen LogP contribution in [0.25, 0.3) is 0 Å². The van der Waals surface area contributed by atoms with Gasteiger partial charge in [0.2, 0.25) is 5.91 Å². The van der Waals surface area contributed by atoms with Crippen molar-refractivity contribution in [2.24, 2.45) is 0 Å². The first kappa shape index (κ1) is 74.6. The molecule has 79 heavy (non-hydrogen) atoms. The Bertz CT molecular complexity index is 1450. The summed E-state index contributed by atoms with van der Waals surface area (Å²) in [5.41, 5.74) is 0. The molecule has 1 heterocycles. The van der Waals surface area contributed by atoms with E-state index < -0.39 is 49.5 Å². The molecule has 0 bridgehead atoms. The molecule has 1 amide bonds. The van der Waals surface area contributed by atoms with Crippen molar-refractivity contribution in [3.8, 4) is 0 Å². The van der Waals surface area contributed by atoms with Crippen molar-refractivity contribution in [1.29, 1.82) is 0 Å². The molecule has 0 aromatic heterocycles. The van der Waals surface area contributed by atoms with E-state index in [2.05, 4.69) is 55.6 Å². The minimum Gasteiger partial charge on any atom is -0.466 e. The largest absolute Gasteiger partial charge is 0.466 e. The quantitative estimate of drug-likeness (QED) is 0.0195. The van der Waals surface area contributed by atoms with Crippen molar-refractivity contribution in [2.75, 3.05) is 19.8 Å². The first-order valence-corrected chi connectivity index (χ1v) is 33.4. The number of allylic oxidation sites excluding steroid dienone is 7. The fourth-order valence-electron chi connectivity index (χ4n) is 10.3. The third kappa shape index (κ3) is 46.8. The Labute approximate surface area is 485 Å². The third-order valence-electron chi connectivity index (χ3n) is 15.7. The molecule has 1 aliphatic heterocycles. The first-order valence-electron chi connectivity index (χ1n) is 33.4. The van der Waals surface area contributed by atoms with Gasteiger partial charge >= 0.3 is 5.97 Å². The second-order valence-corrected chi connectivity index (χ2v) is 23.2. The minimum atomic E-state index is -1.57. The Balaban J connectivity index is 2.05. The van der Waals surface area contributed by atoms with Gasteiger partial charge in [-0.2, -0.15) is 0 Å². The molecule has 0 saturated carbocycles. The monoisotopic (exact) mass is 1120 g/mol. The minimum absolute atomic E-state index is 0.0119. The van der Waals surface area contributed by atoms with Crippen LogP contribution in [0.5, 0.6) is 0 Å². The van der Waals surface area contributed by atoms with Gasteiger partial charge in [0.1, 0.15) is 24.4 Å². The lowest BCUT2D eigenvalue weighted by Crippen LogP contribution is -2.60. The highest BCUT2D eigenvalue weighted by molar-refractivity contribution is 5.76. The maximum atomic E-state index is 13.1. The molecule has 11 nitrogen and oxygen atoms in total. The highest BCUT2D eigenvalue weighted by atomic mass is 16.7. The molecule has 1 saturated heterocycles. The summed E-state index contributed by atoms with van der Waals surface area (Å²) >= 11 is 0. The van der Waals surface area contributed by atoms with Gasteiger partial charge < -0.3 is 45.1 Å². The van der Waals surface area contributed by atoms with E-state index >= 15 is 0 Å². The molecule has 7 atom stereocenters. The highest BCUT2D eigenvalue weighted by Crippen LogP contribution is 2.23. The van der Waals surface area contributed by atoms with Crippen LogP contribution in [0.15, 0.2) is 48.6 Å². The average Bonchev–Trinajstić information content (AvgIpc) is 3.47. The van der Waals surface area contributed by atoms with E-state index in [1.807, 2.05) is 6.08 Å². The predicted octanol–water partition coefficient (Wildman–Crippen LogP) is 16.4. The number of esters is 1. The number of hydrogen-bond acceptors (Lipinski definition) is 10. The number of carbonyl (C=O) groups is 2. The standard InChI is InChI=1S/C68H125NO10/c1-3-5-7-9-11-13-15-17-31-34-38-42-46-50-54-61(71)60(59-78-68-67(76)66(75)65(74)62(58-70)79-68)69-63(72)55-51-47-43-39-35-32-29-27-25-23-21-19-18-20-22-24-26-28-30-33-37-41-45-49-53-57-77-64(73)56-52-48-44-40-36-16-14-12-10-8-6-4-2/h12,14,19-22,50,54,60-62,65-68,70-71,74-76H,3-11,13,15-18,23-49,51-53,55-59H2,1-2H3,(H,69,72)/b14-12-,21-19-,22-20-,54-50+. The lowest BCUT2D eigenvalue weighted by atomic mass is 9.99. The second-order valence-electron chi connectivity index (χ2n) is 23.2. The molecule has 1 fully saturated rings. The molecular formula is C68H125NO10. The maximum Gasteiger partial charge on any atom is 0.305 e. The smallest absolute Gasteiger partial charge is 0.305 e. The van der Waals surface area contributed by atoms with E-state index in [0.717, 1.165) is 83.5 Å². The van der Waals surface area contributed by atoms with Crippen LogP contribution >= 0.6 is 0 Å². The number of carbonyl (C=O) groups excluding carboxylic acids is 2. The number of aliphatic hydroxyl groups is 5. The van der Waals surface area contributed by atoms with E-state index in [1.165, 1.54) is 199 Å². The van der Waals surface area contributed by atoms with Gasteiger partial charge in [0.25, 0.3) is 0 Å². The molecule has 462 valence electrons. The van der Waals surface area contributed by atoms with Crippen molar-refractivity contribution in [2.45, 2.75) is 352 Å². The maximum absolute atomic E-state index is 13.1. The summed E-state index contributed by atoms with van der Waals surface area (Å²) in [6, 6.07) is -0.816. The first-order chi connectivity index (χ1) is 38.7. The fraction of sp³-hybridized carbons (Fsp3) is 0.853. The molecule has 1 aliphatic rings. The van der Waals surface area contributed by atoms with Crippen LogP contribution in [-0.2, 0) is 23.8 Å². The zero-order valence-corrected chi connectivity index (χ0v) is 51.1. The normalized spacial score (nSPS) is 18.7. The Morgan fingerprint density at radius 1 is 0.468 bits per heavy atom. The molecule has 0 aliphatic carbocycles. The van der Waals surface area contributed by atoms with Crippen LogP contribution in [0.3, 0.4) is 0 Å². The lowest BCUT2D eigenvalue weighted by Gasteiger charge is -2.40. The van der Waals surface area contributed by atoms with Gasteiger partial charge in [0, 0.05) is 12.8 Å². The molecule has 0 aromatic rings. The van der Waals surface area contributed by atoms with Crippen molar-refractivity contribution >= 4 is 11.9 Å². The second kappa shape index (κ2) is 57.4. The number of amides is 1. The average molecular weight is 1120 g/mol. The van der Waals surface area contributed by atoms with Crippen molar-refractivity contribution < 1.29 is 49.3 Å². The van der Waals surface area contributed by atoms with Gasteiger partial charge in [-0.25, -0.2) is 0 Å². The molecule has 7 unspecified atom stereocenters. The predicted molar refractivity (Wildman–Crippen MR) is 329 cm³/mol. The van der Waals surface area contributed by atoms with Crippen LogP contribution in [0.4, 0.5) is 0 Å². The summed E-state index contributed by atoms with van der Waals surface area (Å²) in [5, 5.41) is 54.5. The summed E-state index contributed by atoms with van der Waals surface area (Å²) in [7, 11) is 0. The number of aliphatic hydroxyl groups excluding tert-OH is 5. The highest BCUT2D eigenvalue weighted by Gasteiger charge is 2.44. The number of rotatable bonds is 58. The SMILES string of the molecule is CCCCC/C=C\CCCCCCCC(=O)OCCCCCCCCCCC/C=C\C/C=C\CCCCCCCCCCCC(=O)NC(COC1OC(CO)C(O)C(O)C1O)C(O)/C=C/CCCCCCCCCCCCCC. The van der Waals surface area contributed by atoms with Gasteiger partial charge in [0.15, 0.2) is 6.29 Å². The number of nitrogens with one attached hydrogen (secondary N) is 1. The van der Waals surface area contributed by atoms with Gasteiger partial charge in [-0.1, -0.05) is 255 Å². The van der Waals surface area contributed by atoms with Crippen LogP contribution in [0, 0.1) is 0 Å². The van der Waals surface area contributed by atoms with Crippen molar-refractivity contribution in [3.05, 3.63) is 48.6 Å². The third-order valence-corrected chi connectivity index (χ3v) is 15.7. The molecule has 11 heteroatoms. The Hall–Kier alpha value is -2.38. The Morgan fingerprint density at radius 3 is 1.32 bits per heavy atom. The molecule has 0 aromatic carbocycles. The molecule has 0 radical (unpaired) electrons. The summed E-state index contributed by atoms with van der Waals surface area (Å²) in [5.74, 6) is -0.199. The number of hydrogen-bond donors (Lipinski definition) is 6. The summed E-state index contributed by atoms with van der Waals surface area (Å²) in [6.45, 7) is 4.33. The topological polar surface area (TPSA) is 175 Å². The van der Waals surface area contributed by atoms with E-state index in [1.54, 1.807) is 6.08 Å². The van der Waals surface area contributed by atoms with Gasteiger partial charge in [-0.05, 0) is 89.9 Å². The van der Waals surface area contributed by atoms with Crippen LogP contribution < -0.4 is 5.32 Å². The van der Waals surface area contributed by atoms with E-state index in [0.29, 0.717) is 19.4 Å². The fourth-order valence-corrected chi connectivity index (χ4v) is 10.3. The van der Waals surface area contributed by atoms with Crippen molar-refractivity contribution in [1.82, 2.24) is 5.32 Å². The van der Waals surface area contributed by atoms with Crippen molar-refractivity contribution in [3.63, 3.8) is 0 Å². The Morgan fingerprint density at radius 2 is 0.848 bits per heavy atom. The summed E-state index contributed by atoms with van der Waals surface area (Å²) in [4.78, 5) is 25.1. The number of unbranched alkanes of at least 4 members (excludes halogenated alkanes) is 38.